The molecule has 1 rings (SSSR count). The Balaban J connectivity index is 0.000000555. The summed E-state index contributed by atoms with van der Waals surface area (Å²) in [6.45, 7) is 4.47. The van der Waals surface area contributed by atoms with Crippen LogP contribution in [0.2, 0.25) is 5.02 Å². The number of hydrogen-bond donors (Lipinski definition) is 2. The fourth-order valence-corrected chi connectivity index (χ4v) is 1.97. The molecule has 1 unspecified atom stereocenters. The van der Waals surface area contributed by atoms with Crippen LogP contribution in [0.15, 0.2) is 24.3 Å². The van der Waals surface area contributed by atoms with Crippen molar-refractivity contribution in [1.82, 2.24) is 0 Å². The fourth-order valence-electron chi connectivity index (χ4n) is 1.68. The van der Waals surface area contributed by atoms with Crippen molar-refractivity contribution in [2.45, 2.75) is 26.2 Å². The van der Waals surface area contributed by atoms with Crippen LogP contribution in [0.25, 0.3) is 0 Å². The molecule has 19 heavy (non-hydrogen) atoms. The second kappa shape index (κ2) is 8.53. The largest absolute Gasteiger partial charge is 0.396 e. The SMILES string of the molecule is CC(C)CC(CO)c1ccccc1Cl.CS(=O)(=O)O. The molecule has 0 saturated carbocycles. The quantitative estimate of drug-likeness (QED) is 0.839. The van der Waals surface area contributed by atoms with Gasteiger partial charge in [0, 0.05) is 17.5 Å². The lowest BCUT2D eigenvalue weighted by Gasteiger charge is -2.17. The second-order valence-corrected chi connectivity index (χ2v) is 6.64. The Morgan fingerprint density at radius 1 is 1.26 bits per heavy atom. The third-order valence-corrected chi connectivity index (χ3v) is 2.67. The number of halogens is 1. The number of benzene rings is 1. The van der Waals surface area contributed by atoms with Crippen LogP contribution in [0.5, 0.6) is 0 Å². The molecule has 0 amide bonds. The summed E-state index contributed by atoms with van der Waals surface area (Å²) in [5.74, 6) is 0.743. The minimum atomic E-state index is -3.67. The van der Waals surface area contributed by atoms with Crippen molar-refractivity contribution >= 4 is 21.7 Å². The topological polar surface area (TPSA) is 74.6 Å². The lowest BCUT2D eigenvalue weighted by molar-refractivity contribution is 0.249. The number of aliphatic hydroxyl groups excluding tert-OH is 1. The zero-order chi connectivity index (χ0) is 15.1. The average molecular weight is 309 g/mol. The van der Waals surface area contributed by atoms with Gasteiger partial charge in [-0.15, -0.1) is 0 Å². The summed E-state index contributed by atoms with van der Waals surface area (Å²) in [5.41, 5.74) is 1.06. The first-order valence-electron chi connectivity index (χ1n) is 5.92. The maximum atomic E-state index is 9.29. The molecule has 1 atom stereocenters. The fraction of sp³-hybridized carbons (Fsp3) is 0.538. The highest BCUT2D eigenvalue weighted by atomic mass is 35.5. The number of rotatable bonds is 4. The molecule has 110 valence electrons. The van der Waals surface area contributed by atoms with Gasteiger partial charge >= 0.3 is 0 Å². The van der Waals surface area contributed by atoms with Crippen LogP contribution in [0.3, 0.4) is 0 Å². The van der Waals surface area contributed by atoms with Gasteiger partial charge in [0.1, 0.15) is 0 Å². The minimum absolute atomic E-state index is 0.169. The molecule has 0 radical (unpaired) electrons. The van der Waals surface area contributed by atoms with E-state index < -0.39 is 10.1 Å². The molecule has 0 saturated heterocycles. The first kappa shape index (κ1) is 18.4. The molecule has 1 aromatic carbocycles. The van der Waals surface area contributed by atoms with Crippen molar-refractivity contribution in [1.29, 1.82) is 0 Å². The monoisotopic (exact) mass is 308 g/mol. The Kier molecular flexibility index (Phi) is 8.25. The third-order valence-electron chi connectivity index (χ3n) is 2.32. The lowest BCUT2D eigenvalue weighted by Crippen LogP contribution is -2.08. The van der Waals surface area contributed by atoms with Gasteiger partial charge in [-0.25, -0.2) is 0 Å². The van der Waals surface area contributed by atoms with Crippen molar-refractivity contribution in [2.24, 2.45) is 5.92 Å². The van der Waals surface area contributed by atoms with E-state index in [-0.39, 0.29) is 12.5 Å². The standard InChI is InChI=1S/C12H17ClO.CH4O3S/c1-9(2)7-10(8-14)11-5-3-4-6-12(11)13;1-5(2,3)4/h3-6,9-10,14H,7-8H2,1-2H3;1H3,(H,2,3,4). The molecule has 1 aromatic rings. The average Bonchev–Trinajstić information content (AvgIpc) is 2.24. The zero-order valence-electron chi connectivity index (χ0n) is 11.4. The van der Waals surface area contributed by atoms with E-state index in [4.69, 9.17) is 16.2 Å². The van der Waals surface area contributed by atoms with Gasteiger partial charge in [-0.1, -0.05) is 43.6 Å². The van der Waals surface area contributed by atoms with Gasteiger partial charge in [-0.3, -0.25) is 4.55 Å². The highest BCUT2D eigenvalue weighted by Gasteiger charge is 2.14. The number of aliphatic hydroxyl groups is 1. The first-order valence-corrected chi connectivity index (χ1v) is 8.15. The van der Waals surface area contributed by atoms with Crippen LogP contribution in [0, 0.1) is 5.92 Å². The van der Waals surface area contributed by atoms with E-state index in [1.807, 2.05) is 24.3 Å². The normalized spacial score (nSPS) is 12.8. The van der Waals surface area contributed by atoms with E-state index in [1.165, 1.54) is 0 Å². The summed E-state index contributed by atoms with van der Waals surface area (Å²) >= 11 is 6.07. The van der Waals surface area contributed by atoms with Crippen molar-refractivity contribution < 1.29 is 18.1 Å². The Morgan fingerprint density at radius 2 is 1.74 bits per heavy atom. The molecule has 0 aliphatic heterocycles. The molecular formula is C13H21ClO4S. The minimum Gasteiger partial charge on any atom is -0.396 e. The van der Waals surface area contributed by atoms with E-state index in [0.717, 1.165) is 17.0 Å². The van der Waals surface area contributed by atoms with Crippen LogP contribution < -0.4 is 0 Å². The summed E-state index contributed by atoms with van der Waals surface area (Å²) in [5, 5.41) is 10.1. The highest BCUT2D eigenvalue weighted by Crippen LogP contribution is 2.28. The van der Waals surface area contributed by atoms with Crippen LogP contribution in [-0.2, 0) is 10.1 Å². The smallest absolute Gasteiger partial charge is 0.261 e. The predicted octanol–water partition coefficient (Wildman–Crippen LogP) is 2.97. The number of hydrogen-bond acceptors (Lipinski definition) is 3. The van der Waals surface area contributed by atoms with E-state index in [1.54, 1.807) is 0 Å². The zero-order valence-corrected chi connectivity index (χ0v) is 12.9. The van der Waals surface area contributed by atoms with Gasteiger partial charge in [0.15, 0.2) is 0 Å². The van der Waals surface area contributed by atoms with Crippen molar-refractivity contribution in [3.63, 3.8) is 0 Å². The third kappa shape index (κ3) is 9.90. The maximum Gasteiger partial charge on any atom is 0.261 e. The molecule has 4 nitrogen and oxygen atoms in total. The highest BCUT2D eigenvalue weighted by molar-refractivity contribution is 7.85. The Hall–Kier alpha value is -0.620. The summed E-state index contributed by atoms with van der Waals surface area (Å²) in [6.07, 6.45) is 1.69. The van der Waals surface area contributed by atoms with Crippen LogP contribution in [-0.4, -0.2) is 30.9 Å². The Bertz CT molecular complexity index is 463. The van der Waals surface area contributed by atoms with E-state index in [0.29, 0.717) is 12.2 Å². The second-order valence-electron chi connectivity index (χ2n) is 4.76. The summed E-state index contributed by atoms with van der Waals surface area (Å²) in [4.78, 5) is 0. The van der Waals surface area contributed by atoms with E-state index in [2.05, 4.69) is 13.8 Å². The molecule has 0 fully saturated rings. The van der Waals surface area contributed by atoms with Gasteiger partial charge in [-0.2, -0.15) is 8.42 Å². The molecule has 2 N–H and O–H groups in total. The predicted molar refractivity (Wildman–Crippen MR) is 78.2 cm³/mol. The van der Waals surface area contributed by atoms with Gasteiger partial charge < -0.3 is 5.11 Å². The summed E-state index contributed by atoms with van der Waals surface area (Å²) in [7, 11) is -3.67. The molecule has 0 aliphatic carbocycles. The molecule has 6 heteroatoms. The van der Waals surface area contributed by atoms with Crippen LogP contribution >= 0.6 is 11.6 Å². The first-order chi connectivity index (χ1) is 8.65. The Morgan fingerprint density at radius 3 is 2.11 bits per heavy atom. The van der Waals surface area contributed by atoms with Gasteiger partial charge in [0.05, 0.1) is 6.26 Å². The van der Waals surface area contributed by atoms with E-state index in [9.17, 15) is 13.5 Å². The summed E-state index contributed by atoms with van der Waals surface area (Å²) < 4.78 is 25.9. The summed E-state index contributed by atoms with van der Waals surface area (Å²) in [6, 6.07) is 7.74. The molecule has 0 aromatic heterocycles. The van der Waals surface area contributed by atoms with E-state index >= 15 is 0 Å². The van der Waals surface area contributed by atoms with Crippen LogP contribution in [0.1, 0.15) is 31.7 Å². The van der Waals surface area contributed by atoms with Gasteiger partial charge in [0.25, 0.3) is 10.1 Å². The molecular weight excluding hydrogens is 288 g/mol. The molecule has 0 bridgehead atoms. The van der Waals surface area contributed by atoms with Crippen molar-refractivity contribution in [3.8, 4) is 0 Å². The molecule has 0 spiro atoms. The van der Waals surface area contributed by atoms with Gasteiger partial charge in [-0.05, 0) is 24.0 Å². The van der Waals surface area contributed by atoms with Crippen molar-refractivity contribution in [2.75, 3.05) is 12.9 Å². The molecule has 0 heterocycles. The van der Waals surface area contributed by atoms with Gasteiger partial charge in [0.2, 0.25) is 0 Å². The molecule has 0 aliphatic rings. The van der Waals surface area contributed by atoms with Crippen LogP contribution in [0.4, 0.5) is 0 Å². The Labute approximate surface area is 120 Å². The maximum absolute atomic E-state index is 9.29. The van der Waals surface area contributed by atoms with Crippen molar-refractivity contribution in [3.05, 3.63) is 34.9 Å². The lowest BCUT2D eigenvalue weighted by atomic mass is 9.91.